The fraction of sp³-hybridized carbons (Fsp3) is 0.444. The first-order valence-corrected chi connectivity index (χ1v) is 8.56. The lowest BCUT2D eigenvalue weighted by molar-refractivity contribution is -0.0304. The molecule has 0 amide bonds. The molecule has 1 N–H and O–H groups in total. The maximum Gasteiger partial charge on any atom is 0.419 e. The van der Waals surface area contributed by atoms with Gasteiger partial charge in [0.25, 0.3) is 0 Å². The van der Waals surface area contributed by atoms with E-state index in [2.05, 4.69) is 10.3 Å². The van der Waals surface area contributed by atoms with Gasteiger partial charge in [-0.05, 0) is 31.0 Å². The number of benzene rings is 1. The van der Waals surface area contributed by atoms with Crippen LogP contribution in [-0.4, -0.2) is 27.3 Å². The zero-order valence-electron chi connectivity index (χ0n) is 14.4. The normalized spacial score (nSPS) is 20.9. The second-order valence-electron chi connectivity index (χ2n) is 6.58. The van der Waals surface area contributed by atoms with Crippen molar-refractivity contribution in [3.05, 3.63) is 47.0 Å². The van der Waals surface area contributed by atoms with Crippen molar-refractivity contribution in [2.24, 2.45) is 20.0 Å². The summed E-state index contributed by atoms with van der Waals surface area (Å²) in [4.78, 5) is 16.1. The fourth-order valence-electron chi connectivity index (χ4n) is 3.47. The number of ether oxygens (including phenoxy) is 1. The number of nitrogens with zero attached hydrogens (tertiary/aromatic N) is 3. The molecule has 7 nitrogen and oxygen atoms in total. The molecule has 1 aliphatic heterocycles. The molecule has 0 radical (unpaired) electrons. The van der Waals surface area contributed by atoms with E-state index in [1.54, 1.807) is 7.05 Å². The molecule has 1 aliphatic rings. The Kier molecular flexibility index (Phi) is 4.09. The number of hydrogen-bond donors (Lipinski definition) is 1. The van der Waals surface area contributed by atoms with Crippen LogP contribution >= 0.6 is 0 Å². The van der Waals surface area contributed by atoms with E-state index < -0.39 is 0 Å². The van der Waals surface area contributed by atoms with Crippen LogP contribution in [0.1, 0.15) is 24.8 Å². The maximum atomic E-state index is 11.6. The molecule has 3 aromatic rings. The molecule has 1 fully saturated rings. The first-order chi connectivity index (χ1) is 12.1. The monoisotopic (exact) mass is 342 g/mol. The highest BCUT2D eigenvalue weighted by Gasteiger charge is 2.30. The quantitative estimate of drug-likeness (QED) is 0.788. The molecule has 4 rings (SSSR count). The van der Waals surface area contributed by atoms with Gasteiger partial charge >= 0.3 is 5.76 Å². The van der Waals surface area contributed by atoms with Gasteiger partial charge in [0.15, 0.2) is 5.58 Å². The molecule has 132 valence electrons. The predicted molar refractivity (Wildman–Crippen MR) is 94.6 cm³/mol. The van der Waals surface area contributed by atoms with Crippen LogP contribution < -0.4 is 11.1 Å². The summed E-state index contributed by atoms with van der Waals surface area (Å²) in [6.07, 6.45) is 5.92. The first kappa shape index (κ1) is 16.0. The highest BCUT2D eigenvalue weighted by Crippen LogP contribution is 2.33. The van der Waals surface area contributed by atoms with E-state index in [1.807, 2.05) is 42.2 Å². The van der Waals surface area contributed by atoms with Gasteiger partial charge in [-0.25, -0.2) is 9.78 Å². The van der Waals surface area contributed by atoms with Gasteiger partial charge in [0, 0.05) is 51.2 Å². The summed E-state index contributed by atoms with van der Waals surface area (Å²) >= 11 is 0. The Labute approximate surface area is 145 Å². The number of imidazole rings is 1. The van der Waals surface area contributed by atoms with Crippen molar-refractivity contribution >= 4 is 16.8 Å². The van der Waals surface area contributed by atoms with Gasteiger partial charge < -0.3 is 19.0 Å². The van der Waals surface area contributed by atoms with Crippen LogP contribution in [0.15, 0.2) is 39.8 Å². The van der Waals surface area contributed by atoms with Crippen molar-refractivity contribution in [2.75, 3.05) is 18.5 Å². The van der Waals surface area contributed by atoms with E-state index in [0.29, 0.717) is 11.5 Å². The van der Waals surface area contributed by atoms with Crippen molar-refractivity contribution < 1.29 is 9.15 Å². The largest absolute Gasteiger partial charge is 0.419 e. The number of oxazole rings is 1. The molecule has 0 saturated carbocycles. The van der Waals surface area contributed by atoms with Crippen molar-refractivity contribution in [3.63, 3.8) is 0 Å². The molecule has 0 aliphatic carbocycles. The zero-order chi connectivity index (χ0) is 17.4. The van der Waals surface area contributed by atoms with Gasteiger partial charge in [-0.15, -0.1) is 0 Å². The molecule has 2 aromatic heterocycles. The average molecular weight is 342 g/mol. The lowest BCUT2D eigenvalue weighted by Gasteiger charge is -2.31. The SMILES string of the molecule is Cn1ccnc1[C@@H]1OCCC[C@H]1CNc1ccc2oc(=O)n(C)c2c1. The van der Waals surface area contributed by atoms with Crippen molar-refractivity contribution in [1.29, 1.82) is 0 Å². The van der Waals surface area contributed by atoms with E-state index >= 15 is 0 Å². The first-order valence-electron chi connectivity index (χ1n) is 8.56. The molecular formula is C18H22N4O3. The molecule has 0 unspecified atom stereocenters. The van der Waals surface area contributed by atoms with Gasteiger partial charge in [-0.2, -0.15) is 0 Å². The summed E-state index contributed by atoms with van der Waals surface area (Å²) in [5.74, 6) is 0.973. The summed E-state index contributed by atoms with van der Waals surface area (Å²) in [7, 11) is 3.71. The Bertz CT molecular complexity index is 939. The van der Waals surface area contributed by atoms with Gasteiger partial charge in [0.1, 0.15) is 11.9 Å². The van der Waals surface area contributed by atoms with Crippen molar-refractivity contribution in [1.82, 2.24) is 14.1 Å². The van der Waals surface area contributed by atoms with Crippen LogP contribution in [0, 0.1) is 5.92 Å². The third-order valence-corrected chi connectivity index (χ3v) is 4.92. The number of anilines is 1. The second-order valence-corrected chi connectivity index (χ2v) is 6.58. The Morgan fingerprint density at radius 3 is 3.04 bits per heavy atom. The number of rotatable bonds is 4. The Balaban J connectivity index is 1.52. The van der Waals surface area contributed by atoms with Crippen molar-refractivity contribution in [3.8, 4) is 0 Å². The van der Waals surface area contributed by atoms with E-state index in [-0.39, 0.29) is 11.9 Å². The van der Waals surface area contributed by atoms with E-state index in [1.165, 1.54) is 4.57 Å². The fourth-order valence-corrected chi connectivity index (χ4v) is 3.47. The van der Waals surface area contributed by atoms with Crippen LogP contribution in [-0.2, 0) is 18.8 Å². The minimum Gasteiger partial charge on any atom is -0.408 e. The second kappa shape index (κ2) is 6.40. The lowest BCUT2D eigenvalue weighted by atomic mass is 9.93. The average Bonchev–Trinajstić information content (AvgIpc) is 3.17. The number of hydrogen-bond acceptors (Lipinski definition) is 5. The predicted octanol–water partition coefficient (Wildman–Crippen LogP) is 2.44. The molecule has 3 heterocycles. The van der Waals surface area contributed by atoms with Gasteiger partial charge in [-0.3, -0.25) is 4.57 Å². The van der Waals surface area contributed by atoms with E-state index in [4.69, 9.17) is 9.15 Å². The van der Waals surface area contributed by atoms with Crippen LogP contribution in [0.4, 0.5) is 5.69 Å². The zero-order valence-corrected chi connectivity index (χ0v) is 14.4. The van der Waals surface area contributed by atoms with Crippen LogP contribution in [0.25, 0.3) is 11.1 Å². The summed E-state index contributed by atoms with van der Waals surface area (Å²) in [6.45, 7) is 1.56. The number of fused-ring (bicyclic) bond motifs is 1. The molecule has 1 aromatic carbocycles. The van der Waals surface area contributed by atoms with Gasteiger partial charge in [0.2, 0.25) is 0 Å². The third kappa shape index (κ3) is 2.95. The number of nitrogens with one attached hydrogen (secondary N) is 1. The Hall–Kier alpha value is -2.54. The Morgan fingerprint density at radius 2 is 2.24 bits per heavy atom. The van der Waals surface area contributed by atoms with E-state index in [9.17, 15) is 4.79 Å². The van der Waals surface area contributed by atoms with Crippen LogP contribution in [0.2, 0.25) is 0 Å². The van der Waals surface area contributed by atoms with Gasteiger partial charge in [0.05, 0.1) is 5.52 Å². The van der Waals surface area contributed by atoms with E-state index in [0.717, 1.165) is 43.0 Å². The minimum absolute atomic E-state index is 0.00302. The molecular weight excluding hydrogens is 320 g/mol. The summed E-state index contributed by atoms with van der Waals surface area (Å²) in [5, 5.41) is 3.48. The summed E-state index contributed by atoms with van der Waals surface area (Å²) in [6, 6.07) is 5.71. The standard InChI is InChI=1S/C18H22N4O3/c1-21-8-7-19-17(21)16-12(4-3-9-24-16)11-20-13-5-6-15-14(10-13)22(2)18(23)25-15/h5-8,10,12,16,20H,3-4,9,11H2,1-2H3/t12-,16+/m0/s1. The molecule has 7 heteroatoms. The Morgan fingerprint density at radius 1 is 1.36 bits per heavy atom. The maximum absolute atomic E-state index is 11.6. The molecule has 2 atom stereocenters. The number of aryl methyl sites for hydroxylation is 2. The molecule has 0 bridgehead atoms. The lowest BCUT2D eigenvalue weighted by Crippen LogP contribution is -2.30. The highest BCUT2D eigenvalue weighted by molar-refractivity contribution is 5.77. The van der Waals surface area contributed by atoms with Gasteiger partial charge in [-0.1, -0.05) is 0 Å². The molecule has 25 heavy (non-hydrogen) atoms. The number of aromatic nitrogens is 3. The third-order valence-electron chi connectivity index (χ3n) is 4.92. The van der Waals surface area contributed by atoms with Crippen LogP contribution in [0.5, 0.6) is 0 Å². The molecule has 1 saturated heterocycles. The highest BCUT2D eigenvalue weighted by atomic mass is 16.5. The topological polar surface area (TPSA) is 74.2 Å². The minimum atomic E-state index is -0.345. The smallest absolute Gasteiger partial charge is 0.408 e. The van der Waals surface area contributed by atoms with Crippen LogP contribution in [0.3, 0.4) is 0 Å². The molecule has 0 spiro atoms. The summed E-state index contributed by atoms with van der Waals surface area (Å²) < 4.78 is 14.7. The van der Waals surface area contributed by atoms with Crippen molar-refractivity contribution in [2.45, 2.75) is 18.9 Å². The summed E-state index contributed by atoms with van der Waals surface area (Å²) in [5.41, 5.74) is 2.36.